The first-order valence-electron chi connectivity index (χ1n) is 9.41. The smallest absolute Gasteiger partial charge is 0.168 e. The third kappa shape index (κ3) is 3.22. The highest BCUT2D eigenvalue weighted by Gasteiger charge is 2.22. The Morgan fingerprint density at radius 1 is 1.04 bits per heavy atom. The van der Waals surface area contributed by atoms with Gasteiger partial charge in [0.1, 0.15) is 5.75 Å². The lowest BCUT2D eigenvalue weighted by Gasteiger charge is -2.20. The average molecular weight is 345 g/mol. The van der Waals surface area contributed by atoms with Crippen molar-refractivity contribution in [3.05, 3.63) is 70.9 Å². The van der Waals surface area contributed by atoms with E-state index >= 15 is 0 Å². The summed E-state index contributed by atoms with van der Waals surface area (Å²) >= 11 is 0. The Hall–Kier alpha value is -2.68. The van der Waals surface area contributed by atoms with Crippen molar-refractivity contribution < 1.29 is 9.53 Å². The number of fused-ring (bicyclic) bond motifs is 2. The zero-order valence-electron chi connectivity index (χ0n) is 15.1. The Kier molecular flexibility index (Phi) is 4.70. The fourth-order valence-electron chi connectivity index (χ4n) is 3.84. The van der Waals surface area contributed by atoms with Gasteiger partial charge in [-0.2, -0.15) is 0 Å². The maximum absolute atomic E-state index is 13.3. The molecule has 0 fully saturated rings. The molecule has 0 unspecified atom stereocenters. The fourth-order valence-corrected chi connectivity index (χ4v) is 3.84. The summed E-state index contributed by atoms with van der Waals surface area (Å²) in [5, 5.41) is 0.990. The Balaban J connectivity index is 1.72. The number of pyridine rings is 1. The molecule has 0 aliphatic heterocycles. The Morgan fingerprint density at radius 3 is 2.62 bits per heavy atom. The second-order valence-electron chi connectivity index (χ2n) is 6.81. The van der Waals surface area contributed by atoms with Gasteiger partial charge in [-0.05, 0) is 61.9 Å². The number of ether oxygens (including phenoxy) is 1. The van der Waals surface area contributed by atoms with Crippen LogP contribution in [0.1, 0.15) is 46.9 Å². The summed E-state index contributed by atoms with van der Waals surface area (Å²) in [5.41, 5.74) is 5.13. The molecule has 0 saturated carbocycles. The molecule has 0 saturated heterocycles. The highest BCUT2D eigenvalue weighted by Crippen LogP contribution is 2.30. The molecular formula is C23H23NO2. The number of ketones is 1. The summed E-state index contributed by atoms with van der Waals surface area (Å²) in [6, 6.07) is 15.9. The van der Waals surface area contributed by atoms with Gasteiger partial charge in [0.05, 0.1) is 12.1 Å². The van der Waals surface area contributed by atoms with Crippen LogP contribution in [0.3, 0.4) is 0 Å². The molecule has 2 aromatic carbocycles. The van der Waals surface area contributed by atoms with Crippen LogP contribution in [0.5, 0.6) is 5.75 Å². The van der Waals surface area contributed by atoms with E-state index in [-0.39, 0.29) is 5.78 Å². The first kappa shape index (κ1) is 16.8. The van der Waals surface area contributed by atoms with Crippen LogP contribution in [0.4, 0.5) is 0 Å². The zero-order chi connectivity index (χ0) is 17.9. The standard InChI is InChI=1S/C23H23NO2/c1-2-26-17-13-11-16(12-14-17)15-22(25)23-18-7-3-5-9-20(18)24-21-10-6-4-8-19(21)23/h3,5,7,9,11-14H,2,4,6,8,10,15H2,1H3. The van der Waals surface area contributed by atoms with E-state index in [1.807, 2.05) is 55.5 Å². The molecule has 3 nitrogen and oxygen atoms in total. The lowest BCUT2D eigenvalue weighted by Crippen LogP contribution is -2.15. The molecule has 0 atom stereocenters. The zero-order valence-corrected chi connectivity index (χ0v) is 15.1. The van der Waals surface area contributed by atoms with E-state index in [1.54, 1.807) is 0 Å². The van der Waals surface area contributed by atoms with E-state index in [0.717, 1.165) is 59.2 Å². The molecule has 3 heteroatoms. The number of hydrogen-bond donors (Lipinski definition) is 0. The normalized spacial score (nSPS) is 13.4. The number of carbonyl (C=O) groups excluding carboxylic acids is 1. The number of para-hydroxylation sites is 1. The van der Waals surface area contributed by atoms with Gasteiger partial charge in [-0.1, -0.05) is 30.3 Å². The van der Waals surface area contributed by atoms with Crippen molar-refractivity contribution in [2.45, 2.75) is 39.0 Å². The minimum Gasteiger partial charge on any atom is -0.494 e. The van der Waals surface area contributed by atoms with Gasteiger partial charge in [-0.15, -0.1) is 0 Å². The minimum atomic E-state index is 0.186. The quantitative estimate of drug-likeness (QED) is 0.615. The first-order valence-corrected chi connectivity index (χ1v) is 9.41. The van der Waals surface area contributed by atoms with Crippen molar-refractivity contribution in [3.8, 4) is 5.75 Å². The molecular weight excluding hydrogens is 322 g/mol. The van der Waals surface area contributed by atoms with Crippen LogP contribution in [0, 0.1) is 0 Å². The van der Waals surface area contributed by atoms with E-state index in [0.29, 0.717) is 13.0 Å². The van der Waals surface area contributed by atoms with E-state index < -0.39 is 0 Å². The average Bonchev–Trinajstić information content (AvgIpc) is 2.67. The molecule has 3 aromatic rings. The second kappa shape index (κ2) is 7.28. The summed E-state index contributed by atoms with van der Waals surface area (Å²) in [7, 11) is 0. The predicted molar refractivity (Wildman–Crippen MR) is 104 cm³/mol. The Morgan fingerprint density at radius 2 is 1.81 bits per heavy atom. The number of aryl methyl sites for hydroxylation is 1. The van der Waals surface area contributed by atoms with Crippen LogP contribution in [0.25, 0.3) is 10.9 Å². The third-order valence-electron chi connectivity index (χ3n) is 5.05. The summed E-state index contributed by atoms with van der Waals surface area (Å²) in [6.45, 7) is 2.61. The molecule has 0 radical (unpaired) electrons. The first-order chi connectivity index (χ1) is 12.8. The molecule has 0 N–H and O–H groups in total. The number of Topliss-reactive ketones (excluding diaryl/α,β-unsaturated/α-hetero) is 1. The van der Waals surface area contributed by atoms with Gasteiger partial charge in [0.15, 0.2) is 5.78 Å². The Labute approximate surface area is 154 Å². The summed E-state index contributed by atoms with van der Waals surface area (Å²) < 4.78 is 5.49. The van der Waals surface area contributed by atoms with E-state index in [1.165, 1.54) is 5.56 Å². The van der Waals surface area contributed by atoms with Gasteiger partial charge in [0.25, 0.3) is 0 Å². The number of aromatic nitrogens is 1. The minimum absolute atomic E-state index is 0.186. The van der Waals surface area contributed by atoms with E-state index in [2.05, 4.69) is 0 Å². The molecule has 1 aliphatic carbocycles. The molecule has 132 valence electrons. The molecule has 1 aromatic heterocycles. The van der Waals surface area contributed by atoms with Gasteiger partial charge in [0, 0.05) is 23.1 Å². The molecule has 0 spiro atoms. The van der Waals surface area contributed by atoms with Gasteiger partial charge in [-0.25, -0.2) is 0 Å². The van der Waals surface area contributed by atoms with Crippen molar-refractivity contribution in [2.24, 2.45) is 0 Å². The lowest BCUT2D eigenvalue weighted by molar-refractivity contribution is 0.0993. The molecule has 1 heterocycles. The molecule has 0 bridgehead atoms. The van der Waals surface area contributed by atoms with Crippen molar-refractivity contribution in [2.75, 3.05) is 6.61 Å². The summed E-state index contributed by atoms with van der Waals surface area (Å²) in [6.07, 6.45) is 4.63. The maximum Gasteiger partial charge on any atom is 0.168 e. The number of nitrogens with zero attached hydrogens (tertiary/aromatic N) is 1. The third-order valence-corrected chi connectivity index (χ3v) is 5.05. The van der Waals surface area contributed by atoms with Crippen molar-refractivity contribution in [1.29, 1.82) is 0 Å². The van der Waals surface area contributed by atoms with Crippen LogP contribution >= 0.6 is 0 Å². The monoisotopic (exact) mass is 345 g/mol. The maximum atomic E-state index is 13.3. The summed E-state index contributed by atoms with van der Waals surface area (Å²) in [5.74, 6) is 1.03. The molecule has 1 aliphatic rings. The van der Waals surface area contributed by atoms with Crippen molar-refractivity contribution >= 4 is 16.7 Å². The van der Waals surface area contributed by atoms with Crippen LogP contribution in [-0.4, -0.2) is 17.4 Å². The van der Waals surface area contributed by atoms with Gasteiger partial charge in [0.2, 0.25) is 0 Å². The van der Waals surface area contributed by atoms with Crippen molar-refractivity contribution in [1.82, 2.24) is 4.98 Å². The second-order valence-corrected chi connectivity index (χ2v) is 6.81. The van der Waals surface area contributed by atoms with Crippen LogP contribution in [0.15, 0.2) is 48.5 Å². The van der Waals surface area contributed by atoms with Crippen LogP contribution in [0.2, 0.25) is 0 Å². The van der Waals surface area contributed by atoms with Gasteiger partial charge >= 0.3 is 0 Å². The van der Waals surface area contributed by atoms with Crippen molar-refractivity contribution in [3.63, 3.8) is 0 Å². The highest BCUT2D eigenvalue weighted by molar-refractivity contribution is 6.09. The predicted octanol–water partition coefficient (Wildman–Crippen LogP) is 4.94. The van der Waals surface area contributed by atoms with Crippen LogP contribution < -0.4 is 4.74 Å². The molecule has 4 rings (SSSR count). The molecule has 26 heavy (non-hydrogen) atoms. The number of benzene rings is 2. The number of rotatable bonds is 5. The SMILES string of the molecule is CCOc1ccc(CC(=O)c2c3c(nc4ccccc24)CCCC3)cc1. The largest absolute Gasteiger partial charge is 0.494 e. The topological polar surface area (TPSA) is 39.2 Å². The lowest BCUT2D eigenvalue weighted by atomic mass is 9.87. The summed E-state index contributed by atoms with van der Waals surface area (Å²) in [4.78, 5) is 18.1. The van der Waals surface area contributed by atoms with E-state index in [4.69, 9.17) is 9.72 Å². The number of hydrogen-bond acceptors (Lipinski definition) is 3. The highest BCUT2D eigenvalue weighted by atomic mass is 16.5. The number of carbonyl (C=O) groups is 1. The van der Waals surface area contributed by atoms with Gasteiger partial charge in [-0.3, -0.25) is 9.78 Å². The van der Waals surface area contributed by atoms with Gasteiger partial charge < -0.3 is 4.74 Å². The fraction of sp³-hybridized carbons (Fsp3) is 0.304. The molecule has 0 amide bonds. The van der Waals surface area contributed by atoms with Crippen LogP contribution in [-0.2, 0) is 19.3 Å². The Bertz CT molecular complexity index is 944. The van der Waals surface area contributed by atoms with E-state index in [9.17, 15) is 4.79 Å².